The smallest absolute Gasteiger partial charge is 0.242 e. The molecule has 2 saturated heterocycles. The number of benzene rings is 1. The summed E-state index contributed by atoms with van der Waals surface area (Å²) in [7, 11) is 0. The van der Waals surface area contributed by atoms with Gasteiger partial charge in [0, 0.05) is 35.8 Å². The Balaban J connectivity index is 1.28. The van der Waals surface area contributed by atoms with Crippen LogP contribution in [0.5, 0.6) is 0 Å². The van der Waals surface area contributed by atoms with Gasteiger partial charge in [0.1, 0.15) is 0 Å². The highest BCUT2D eigenvalue weighted by Gasteiger charge is 2.54. The molecule has 3 aliphatic rings. The predicted octanol–water partition coefficient (Wildman–Crippen LogP) is 2.75. The molecule has 176 valence electrons. The number of carbonyl (C=O) groups excluding carboxylic acids is 2. The Morgan fingerprint density at radius 3 is 2.59 bits per heavy atom. The molecule has 1 aliphatic carbocycles. The molecule has 2 aromatic rings. The number of hydrogen-bond acceptors (Lipinski definition) is 4. The second-order valence-corrected chi connectivity index (χ2v) is 9.64. The topological polar surface area (TPSA) is 73.7 Å². The van der Waals surface area contributed by atoms with Crippen molar-refractivity contribution in [3.8, 4) is 11.8 Å². The standard InChI is InChI=1S/C28H31N3O3/c32-19-25-28(22-13-11-21(12-14-22)10-9-20-6-2-1-3-7-20)24-17-30(18-27(34)31(24)25)26(33)16-23-8-4-5-15-29-23/h4-5,8,11-15,20,24-25,28,32H,1-3,6-7,16-19H2/t24-,25+,28-/m1/s1. The lowest BCUT2D eigenvalue weighted by atomic mass is 9.73. The summed E-state index contributed by atoms with van der Waals surface area (Å²) in [5.41, 5.74) is 2.78. The third kappa shape index (κ3) is 4.58. The first-order valence-corrected chi connectivity index (χ1v) is 12.4. The zero-order valence-corrected chi connectivity index (χ0v) is 19.4. The summed E-state index contributed by atoms with van der Waals surface area (Å²) in [6.45, 7) is 0.445. The van der Waals surface area contributed by atoms with Gasteiger partial charge in [-0.1, -0.05) is 49.3 Å². The largest absolute Gasteiger partial charge is 0.394 e. The maximum absolute atomic E-state index is 12.9. The van der Waals surface area contributed by atoms with Crippen molar-refractivity contribution in [3.05, 3.63) is 65.5 Å². The number of hydrogen-bond donors (Lipinski definition) is 1. The van der Waals surface area contributed by atoms with Gasteiger partial charge in [-0.15, -0.1) is 0 Å². The number of aromatic nitrogens is 1. The summed E-state index contributed by atoms with van der Waals surface area (Å²) in [5, 5.41) is 10.0. The van der Waals surface area contributed by atoms with E-state index in [4.69, 9.17) is 0 Å². The normalized spacial score (nSPS) is 24.6. The summed E-state index contributed by atoms with van der Waals surface area (Å²) in [4.78, 5) is 33.4. The van der Waals surface area contributed by atoms with Crippen molar-refractivity contribution in [2.24, 2.45) is 5.92 Å². The molecule has 2 aliphatic heterocycles. The summed E-state index contributed by atoms with van der Waals surface area (Å²) < 4.78 is 0. The second-order valence-electron chi connectivity index (χ2n) is 9.64. The van der Waals surface area contributed by atoms with Gasteiger partial charge >= 0.3 is 0 Å². The van der Waals surface area contributed by atoms with Crippen LogP contribution in [-0.4, -0.2) is 63.5 Å². The number of pyridine rings is 1. The third-order valence-electron chi connectivity index (χ3n) is 7.48. The Morgan fingerprint density at radius 2 is 1.88 bits per heavy atom. The minimum absolute atomic E-state index is 0.000228. The predicted molar refractivity (Wildman–Crippen MR) is 129 cm³/mol. The summed E-state index contributed by atoms with van der Waals surface area (Å²) >= 11 is 0. The van der Waals surface area contributed by atoms with Gasteiger partial charge in [0.2, 0.25) is 11.8 Å². The molecule has 1 saturated carbocycles. The minimum atomic E-state index is -0.246. The van der Waals surface area contributed by atoms with Gasteiger partial charge in [-0.2, -0.15) is 0 Å². The fourth-order valence-corrected chi connectivity index (χ4v) is 5.68. The maximum atomic E-state index is 12.9. The lowest BCUT2D eigenvalue weighted by Crippen LogP contribution is -2.73. The van der Waals surface area contributed by atoms with Crippen molar-refractivity contribution in [2.75, 3.05) is 19.7 Å². The molecular formula is C28H31N3O3. The Morgan fingerprint density at radius 1 is 1.09 bits per heavy atom. The molecule has 2 amide bonds. The first-order chi connectivity index (χ1) is 16.6. The molecule has 1 aromatic carbocycles. The van der Waals surface area contributed by atoms with E-state index in [0.29, 0.717) is 18.2 Å². The van der Waals surface area contributed by atoms with E-state index in [9.17, 15) is 14.7 Å². The molecule has 34 heavy (non-hydrogen) atoms. The average Bonchev–Trinajstić information content (AvgIpc) is 2.86. The Labute approximate surface area is 201 Å². The van der Waals surface area contributed by atoms with Gasteiger partial charge in [-0.05, 0) is 42.7 Å². The monoisotopic (exact) mass is 457 g/mol. The van der Waals surface area contributed by atoms with Crippen LogP contribution in [0, 0.1) is 17.8 Å². The third-order valence-corrected chi connectivity index (χ3v) is 7.48. The number of rotatable bonds is 4. The fourth-order valence-electron chi connectivity index (χ4n) is 5.68. The van der Waals surface area contributed by atoms with Crippen molar-refractivity contribution >= 4 is 11.8 Å². The average molecular weight is 458 g/mol. The number of nitrogens with zero attached hydrogens (tertiary/aromatic N) is 3. The molecule has 3 fully saturated rings. The lowest BCUT2D eigenvalue weighted by molar-refractivity contribution is -0.166. The van der Waals surface area contributed by atoms with Crippen molar-refractivity contribution in [2.45, 2.75) is 56.5 Å². The lowest BCUT2D eigenvalue weighted by Gasteiger charge is -2.58. The molecule has 1 aromatic heterocycles. The van der Waals surface area contributed by atoms with Crippen LogP contribution in [0.2, 0.25) is 0 Å². The van der Waals surface area contributed by atoms with E-state index in [1.807, 2.05) is 30.3 Å². The van der Waals surface area contributed by atoms with Crippen LogP contribution in [0.25, 0.3) is 0 Å². The highest BCUT2D eigenvalue weighted by Crippen LogP contribution is 2.43. The van der Waals surface area contributed by atoms with Crippen molar-refractivity contribution < 1.29 is 14.7 Å². The number of amides is 2. The molecule has 1 N–H and O–H groups in total. The van der Waals surface area contributed by atoms with Gasteiger partial charge in [0.25, 0.3) is 0 Å². The molecule has 0 unspecified atom stereocenters. The number of aliphatic hydroxyl groups is 1. The van der Waals surface area contributed by atoms with E-state index in [2.05, 4.69) is 29.0 Å². The van der Waals surface area contributed by atoms with Crippen molar-refractivity contribution in [1.29, 1.82) is 0 Å². The van der Waals surface area contributed by atoms with E-state index in [1.54, 1.807) is 16.0 Å². The molecule has 0 radical (unpaired) electrons. The number of fused-ring (bicyclic) bond motifs is 1. The SMILES string of the molecule is O=C(Cc1ccccn1)N1CC(=O)N2[C@H](C1)[C@@H](c1ccc(C#CC3CCCCC3)cc1)[C@@H]2CO. The number of carbonyl (C=O) groups is 2. The second kappa shape index (κ2) is 9.99. The molecule has 6 heteroatoms. The van der Waals surface area contributed by atoms with Crippen LogP contribution >= 0.6 is 0 Å². The minimum Gasteiger partial charge on any atom is -0.394 e. The van der Waals surface area contributed by atoms with E-state index in [-0.39, 0.29) is 49.4 Å². The number of aliphatic hydroxyl groups excluding tert-OH is 1. The summed E-state index contributed by atoms with van der Waals surface area (Å²) in [6, 6.07) is 13.3. The Kier molecular flexibility index (Phi) is 6.64. The van der Waals surface area contributed by atoms with Gasteiger partial charge < -0.3 is 14.9 Å². The summed E-state index contributed by atoms with van der Waals surface area (Å²) in [6.07, 6.45) is 8.14. The van der Waals surface area contributed by atoms with Crippen molar-refractivity contribution in [1.82, 2.24) is 14.8 Å². The van der Waals surface area contributed by atoms with E-state index in [1.165, 1.54) is 32.1 Å². The van der Waals surface area contributed by atoms with Crippen LogP contribution in [0.1, 0.15) is 54.8 Å². The van der Waals surface area contributed by atoms with Crippen LogP contribution in [-0.2, 0) is 16.0 Å². The van der Waals surface area contributed by atoms with Crippen molar-refractivity contribution in [3.63, 3.8) is 0 Å². The molecule has 6 nitrogen and oxygen atoms in total. The van der Waals surface area contributed by atoms with Gasteiger partial charge in [-0.3, -0.25) is 14.6 Å². The molecule has 3 atom stereocenters. The van der Waals surface area contributed by atoms with Crippen LogP contribution in [0.15, 0.2) is 48.7 Å². The van der Waals surface area contributed by atoms with Gasteiger partial charge in [0.05, 0.1) is 31.7 Å². The highest BCUT2D eigenvalue weighted by molar-refractivity contribution is 5.88. The van der Waals surface area contributed by atoms with Gasteiger partial charge in [0.15, 0.2) is 0 Å². The number of piperazine rings is 1. The quantitative estimate of drug-likeness (QED) is 0.717. The Bertz CT molecular complexity index is 1080. The zero-order chi connectivity index (χ0) is 23.5. The fraction of sp³-hybridized carbons (Fsp3) is 0.464. The van der Waals surface area contributed by atoms with Crippen LogP contribution in [0.3, 0.4) is 0 Å². The first kappa shape index (κ1) is 22.6. The zero-order valence-electron chi connectivity index (χ0n) is 19.4. The van der Waals surface area contributed by atoms with E-state index < -0.39 is 0 Å². The summed E-state index contributed by atoms with van der Waals surface area (Å²) in [5.74, 6) is 7.08. The van der Waals surface area contributed by atoms with E-state index in [0.717, 1.165) is 11.1 Å². The van der Waals surface area contributed by atoms with Crippen LogP contribution in [0.4, 0.5) is 0 Å². The molecule has 0 bridgehead atoms. The Hall–Kier alpha value is -3.17. The van der Waals surface area contributed by atoms with Crippen LogP contribution < -0.4 is 0 Å². The molecule has 3 heterocycles. The molecule has 5 rings (SSSR count). The first-order valence-electron chi connectivity index (χ1n) is 12.4. The maximum Gasteiger partial charge on any atom is 0.242 e. The highest BCUT2D eigenvalue weighted by atomic mass is 16.3. The van der Waals surface area contributed by atoms with E-state index >= 15 is 0 Å². The molecule has 0 spiro atoms. The van der Waals surface area contributed by atoms with Gasteiger partial charge in [-0.25, -0.2) is 0 Å². The molecular weight excluding hydrogens is 426 g/mol.